The van der Waals surface area contributed by atoms with E-state index in [-0.39, 0.29) is 6.61 Å². The van der Waals surface area contributed by atoms with Gasteiger partial charge in [-0.3, -0.25) is 4.79 Å². The first-order valence-corrected chi connectivity index (χ1v) is 5.29. The van der Waals surface area contributed by atoms with Crippen LogP contribution in [-0.2, 0) is 14.3 Å². The SMILES string of the molecule is CCCCOC(=O)C(Cl)C(=O)NC(C)N. The third-order valence-electron chi connectivity index (χ3n) is 1.55. The standard InChI is InChI=1S/C9H17ClN2O3/c1-3-4-5-15-9(14)7(10)8(13)12-6(2)11/h6-7H,3-5,11H2,1-2H3,(H,12,13). The number of amides is 1. The quantitative estimate of drug-likeness (QED) is 0.229. The number of nitrogens with two attached hydrogens (primary N) is 1. The Labute approximate surface area is 94.3 Å². The number of ether oxygens (including phenoxy) is 1. The Morgan fingerprint density at radius 1 is 1.53 bits per heavy atom. The lowest BCUT2D eigenvalue weighted by Gasteiger charge is -2.12. The van der Waals surface area contributed by atoms with Crippen LogP contribution in [0.2, 0.25) is 0 Å². The van der Waals surface area contributed by atoms with E-state index in [1.807, 2.05) is 6.92 Å². The van der Waals surface area contributed by atoms with E-state index in [2.05, 4.69) is 5.32 Å². The molecule has 0 rings (SSSR count). The van der Waals surface area contributed by atoms with Crippen molar-refractivity contribution in [3.63, 3.8) is 0 Å². The Balaban J connectivity index is 3.91. The van der Waals surface area contributed by atoms with E-state index in [1.165, 1.54) is 0 Å². The van der Waals surface area contributed by atoms with Crippen LogP contribution in [0, 0.1) is 0 Å². The molecule has 2 unspecified atom stereocenters. The fraction of sp³-hybridized carbons (Fsp3) is 0.778. The van der Waals surface area contributed by atoms with E-state index < -0.39 is 23.4 Å². The van der Waals surface area contributed by atoms with Gasteiger partial charge in [-0.25, -0.2) is 4.79 Å². The molecule has 0 heterocycles. The van der Waals surface area contributed by atoms with Crippen LogP contribution >= 0.6 is 11.6 Å². The molecule has 0 spiro atoms. The van der Waals surface area contributed by atoms with Crippen LogP contribution in [-0.4, -0.2) is 30.0 Å². The predicted octanol–water partition coefficient (Wildman–Crippen LogP) is 0.358. The van der Waals surface area contributed by atoms with E-state index in [1.54, 1.807) is 6.92 Å². The van der Waals surface area contributed by atoms with Crippen LogP contribution in [0.3, 0.4) is 0 Å². The fourth-order valence-corrected chi connectivity index (χ4v) is 0.921. The second-order valence-electron chi connectivity index (χ2n) is 3.18. The maximum absolute atomic E-state index is 11.2. The Morgan fingerprint density at radius 3 is 2.60 bits per heavy atom. The summed E-state index contributed by atoms with van der Waals surface area (Å²) < 4.78 is 4.77. The molecular formula is C9H17ClN2O3. The molecule has 0 aromatic heterocycles. The molecule has 0 aliphatic heterocycles. The molecule has 0 aromatic rings. The van der Waals surface area contributed by atoms with Gasteiger partial charge in [-0.1, -0.05) is 24.9 Å². The molecule has 2 atom stereocenters. The van der Waals surface area contributed by atoms with Gasteiger partial charge in [0.2, 0.25) is 5.38 Å². The summed E-state index contributed by atoms with van der Waals surface area (Å²) in [6.45, 7) is 3.82. The lowest BCUT2D eigenvalue weighted by molar-refractivity contribution is -0.146. The summed E-state index contributed by atoms with van der Waals surface area (Å²) in [6, 6.07) is 0. The largest absolute Gasteiger partial charge is 0.464 e. The van der Waals surface area contributed by atoms with Crippen molar-refractivity contribution < 1.29 is 14.3 Å². The average Bonchev–Trinajstić information content (AvgIpc) is 2.15. The molecular weight excluding hydrogens is 220 g/mol. The van der Waals surface area contributed by atoms with Crippen molar-refractivity contribution in [2.75, 3.05) is 6.61 Å². The summed E-state index contributed by atoms with van der Waals surface area (Å²) in [5.74, 6) is -1.36. The molecule has 0 aromatic carbocycles. The van der Waals surface area contributed by atoms with Gasteiger partial charge in [0.05, 0.1) is 12.8 Å². The minimum absolute atomic E-state index is 0.282. The number of hydrogen-bond acceptors (Lipinski definition) is 4. The van der Waals surface area contributed by atoms with E-state index in [9.17, 15) is 9.59 Å². The van der Waals surface area contributed by atoms with Gasteiger partial charge in [0, 0.05) is 0 Å². The summed E-state index contributed by atoms with van der Waals surface area (Å²) >= 11 is 5.56. The topological polar surface area (TPSA) is 81.4 Å². The molecule has 0 aliphatic rings. The van der Waals surface area contributed by atoms with Gasteiger partial charge in [-0.15, -0.1) is 0 Å². The van der Waals surface area contributed by atoms with Crippen molar-refractivity contribution in [3.8, 4) is 0 Å². The van der Waals surface area contributed by atoms with Gasteiger partial charge in [0.1, 0.15) is 0 Å². The first kappa shape index (κ1) is 14.2. The highest BCUT2D eigenvalue weighted by Crippen LogP contribution is 2.01. The third-order valence-corrected chi connectivity index (χ3v) is 1.93. The molecule has 0 radical (unpaired) electrons. The molecule has 5 nitrogen and oxygen atoms in total. The highest BCUT2D eigenvalue weighted by atomic mass is 35.5. The third kappa shape index (κ3) is 6.30. The number of nitrogens with one attached hydrogen (secondary N) is 1. The summed E-state index contributed by atoms with van der Waals surface area (Å²) in [5.41, 5.74) is 5.31. The summed E-state index contributed by atoms with van der Waals surface area (Å²) in [4.78, 5) is 22.4. The Morgan fingerprint density at radius 2 is 2.13 bits per heavy atom. The van der Waals surface area contributed by atoms with Gasteiger partial charge in [0.15, 0.2) is 0 Å². The molecule has 3 N–H and O–H groups in total. The number of unbranched alkanes of at least 4 members (excludes halogenated alkanes) is 1. The number of hydrogen-bond donors (Lipinski definition) is 2. The minimum Gasteiger partial charge on any atom is -0.464 e. The van der Waals surface area contributed by atoms with Crippen molar-refractivity contribution in [1.29, 1.82) is 0 Å². The van der Waals surface area contributed by atoms with Gasteiger partial charge in [0.25, 0.3) is 5.91 Å². The zero-order valence-electron chi connectivity index (χ0n) is 8.96. The molecule has 0 bridgehead atoms. The second kappa shape index (κ2) is 7.48. The lowest BCUT2D eigenvalue weighted by Crippen LogP contribution is -2.45. The number of carbonyl (C=O) groups is 2. The monoisotopic (exact) mass is 236 g/mol. The zero-order chi connectivity index (χ0) is 11.8. The van der Waals surface area contributed by atoms with Crippen LogP contribution in [0.4, 0.5) is 0 Å². The normalized spacial score (nSPS) is 14.1. The highest BCUT2D eigenvalue weighted by molar-refractivity contribution is 6.40. The first-order valence-electron chi connectivity index (χ1n) is 4.85. The van der Waals surface area contributed by atoms with Gasteiger partial charge in [-0.05, 0) is 13.3 Å². The maximum atomic E-state index is 11.2. The van der Waals surface area contributed by atoms with Crippen molar-refractivity contribution in [1.82, 2.24) is 5.32 Å². The predicted molar refractivity (Wildman–Crippen MR) is 57.3 cm³/mol. The first-order chi connectivity index (χ1) is 6.99. The fourth-order valence-electron chi connectivity index (χ4n) is 0.795. The van der Waals surface area contributed by atoms with Crippen molar-refractivity contribution in [3.05, 3.63) is 0 Å². The van der Waals surface area contributed by atoms with Gasteiger partial charge >= 0.3 is 5.97 Å². The highest BCUT2D eigenvalue weighted by Gasteiger charge is 2.25. The number of esters is 1. The number of halogens is 1. The van der Waals surface area contributed by atoms with E-state index in [4.69, 9.17) is 22.1 Å². The number of rotatable bonds is 6. The van der Waals surface area contributed by atoms with Crippen LogP contribution in [0.15, 0.2) is 0 Å². The van der Waals surface area contributed by atoms with Crippen molar-refractivity contribution in [2.24, 2.45) is 5.73 Å². The molecule has 0 saturated carbocycles. The van der Waals surface area contributed by atoms with Crippen molar-refractivity contribution in [2.45, 2.75) is 38.2 Å². The van der Waals surface area contributed by atoms with Crippen LogP contribution in [0.5, 0.6) is 0 Å². The van der Waals surface area contributed by atoms with Crippen LogP contribution < -0.4 is 11.1 Å². The summed E-state index contributed by atoms with van der Waals surface area (Å²) in [5, 5.41) is 0.994. The molecule has 15 heavy (non-hydrogen) atoms. The van der Waals surface area contributed by atoms with Crippen molar-refractivity contribution >= 4 is 23.5 Å². The lowest BCUT2D eigenvalue weighted by atomic mass is 10.3. The Bertz CT molecular complexity index is 221. The van der Waals surface area contributed by atoms with Gasteiger partial charge in [-0.2, -0.15) is 0 Å². The number of carbonyl (C=O) groups excluding carboxylic acids is 2. The molecule has 0 aliphatic carbocycles. The number of alkyl halides is 1. The summed E-state index contributed by atoms with van der Waals surface area (Å²) in [7, 11) is 0. The van der Waals surface area contributed by atoms with Gasteiger partial charge < -0.3 is 15.8 Å². The smallest absolute Gasteiger partial charge is 0.333 e. The van der Waals surface area contributed by atoms with E-state index in [0.717, 1.165) is 12.8 Å². The van der Waals surface area contributed by atoms with Crippen LogP contribution in [0.25, 0.3) is 0 Å². The zero-order valence-corrected chi connectivity index (χ0v) is 9.71. The van der Waals surface area contributed by atoms with E-state index in [0.29, 0.717) is 0 Å². The second-order valence-corrected chi connectivity index (χ2v) is 3.62. The minimum atomic E-state index is -1.33. The molecule has 0 fully saturated rings. The molecule has 1 amide bonds. The molecule has 6 heteroatoms. The van der Waals surface area contributed by atoms with E-state index >= 15 is 0 Å². The Hall–Kier alpha value is -0.810. The average molecular weight is 237 g/mol. The Kier molecular flexibility index (Phi) is 7.07. The maximum Gasteiger partial charge on any atom is 0.333 e. The molecule has 0 saturated heterocycles. The molecule has 88 valence electrons. The van der Waals surface area contributed by atoms with Crippen LogP contribution in [0.1, 0.15) is 26.7 Å². The summed E-state index contributed by atoms with van der Waals surface area (Å²) in [6.07, 6.45) is 1.12.